The van der Waals surface area contributed by atoms with Crippen molar-refractivity contribution in [1.82, 2.24) is 10.3 Å². The number of hydrogen-bond acceptors (Lipinski definition) is 3. The number of carbonyl (C=O) groups is 1. The van der Waals surface area contributed by atoms with Crippen LogP contribution >= 0.6 is 33.9 Å². The zero-order chi connectivity index (χ0) is 13.1. The maximum absolute atomic E-state index is 12.0. The molecule has 1 atom stereocenters. The summed E-state index contributed by atoms with van der Waals surface area (Å²) in [5.74, 6) is -0.0612. The molecule has 94 valence electrons. The Labute approximate surface area is 124 Å². The van der Waals surface area contributed by atoms with Crippen molar-refractivity contribution >= 4 is 39.8 Å². The Morgan fingerprint density at radius 3 is 2.89 bits per heavy atom. The number of hydrogen-bond donors (Lipinski definition) is 1. The van der Waals surface area contributed by atoms with Crippen LogP contribution in [0.4, 0.5) is 0 Å². The summed E-state index contributed by atoms with van der Waals surface area (Å²) in [6.45, 7) is 3.90. The molecule has 2 aromatic rings. The zero-order valence-corrected chi connectivity index (χ0v) is 13.1. The van der Waals surface area contributed by atoms with Crippen LogP contribution in [0.5, 0.6) is 0 Å². The molecule has 1 aromatic heterocycles. The molecule has 0 aliphatic heterocycles. The number of nitrogens with one attached hydrogen (secondary N) is 1. The van der Waals surface area contributed by atoms with Crippen LogP contribution < -0.4 is 5.32 Å². The van der Waals surface area contributed by atoms with Gasteiger partial charge in [0.25, 0.3) is 5.91 Å². The van der Waals surface area contributed by atoms with E-state index in [1.807, 2.05) is 43.5 Å². The van der Waals surface area contributed by atoms with Crippen molar-refractivity contribution in [3.63, 3.8) is 0 Å². The Morgan fingerprint density at radius 2 is 2.28 bits per heavy atom. The van der Waals surface area contributed by atoms with Gasteiger partial charge < -0.3 is 5.32 Å². The van der Waals surface area contributed by atoms with Gasteiger partial charge in [-0.3, -0.25) is 4.79 Å². The highest BCUT2D eigenvalue weighted by Gasteiger charge is 2.13. The molecule has 1 N–H and O–H groups in total. The van der Waals surface area contributed by atoms with Crippen LogP contribution in [-0.4, -0.2) is 10.9 Å². The van der Waals surface area contributed by atoms with E-state index in [-0.39, 0.29) is 11.9 Å². The molecule has 1 amide bonds. The first-order chi connectivity index (χ1) is 8.56. The molecule has 1 unspecified atom stereocenters. The number of thiazole rings is 1. The van der Waals surface area contributed by atoms with E-state index in [0.29, 0.717) is 5.56 Å². The van der Waals surface area contributed by atoms with Gasteiger partial charge in [0.2, 0.25) is 0 Å². The molecule has 0 fully saturated rings. The van der Waals surface area contributed by atoms with Gasteiger partial charge in [-0.25, -0.2) is 4.98 Å². The molecule has 0 radical (unpaired) electrons. The summed E-state index contributed by atoms with van der Waals surface area (Å²) in [7, 11) is 0. The number of rotatable bonds is 3. The highest BCUT2D eigenvalue weighted by Crippen LogP contribution is 2.18. The highest BCUT2D eigenvalue weighted by molar-refractivity contribution is 14.1. The fourth-order valence-electron chi connectivity index (χ4n) is 1.54. The van der Waals surface area contributed by atoms with Gasteiger partial charge in [-0.2, -0.15) is 0 Å². The predicted molar refractivity (Wildman–Crippen MR) is 81.9 cm³/mol. The minimum atomic E-state index is -0.0612. The molecule has 5 heteroatoms. The van der Waals surface area contributed by atoms with E-state index >= 15 is 0 Å². The lowest BCUT2D eigenvalue weighted by Crippen LogP contribution is -2.26. The van der Waals surface area contributed by atoms with Gasteiger partial charge in [0, 0.05) is 20.2 Å². The molecular weight excluding hydrogens is 359 g/mol. The number of carbonyl (C=O) groups excluding carboxylic acids is 1. The first-order valence-electron chi connectivity index (χ1n) is 5.54. The summed E-state index contributed by atoms with van der Waals surface area (Å²) in [6.07, 6.45) is 0. The van der Waals surface area contributed by atoms with Crippen molar-refractivity contribution < 1.29 is 4.79 Å². The topological polar surface area (TPSA) is 42.0 Å². The Bertz CT molecular complexity index is 568. The summed E-state index contributed by atoms with van der Waals surface area (Å²) in [4.78, 5) is 16.4. The van der Waals surface area contributed by atoms with E-state index in [4.69, 9.17) is 0 Å². The molecule has 0 aliphatic rings. The Hall–Kier alpha value is -0.950. The van der Waals surface area contributed by atoms with Crippen molar-refractivity contribution in [1.29, 1.82) is 0 Å². The van der Waals surface area contributed by atoms with Gasteiger partial charge in [0.15, 0.2) is 0 Å². The van der Waals surface area contributed by atoms with Gasteiger partial charge in [0.1, 0.15) is 5.01 Å². The SMILES string of the molecule is Cc1csc(C(C)NC(=O)c2cccc(I)c2)n1. The van der Waals surface area contributed by atoms with Crippen molar-refractivity contribution in [2.24, 2.45) is 0 Å². The highest BCUT2D eigenvalue weighted by atomic mass is 127. The maximum atomic E-state index is 12.0. The molecule has 1 aromatic carbocycles. The summed E-state index contributed by atoms with van der Waals surface area (Å²) in [5, 5.41) is 5.88. The normalized spacial score (nSPS) is 12.2. The predicted octanol–water partition coefficient (Wildman–Crippen LogP) is 3.55. The third-order valence-electron chi connectivity index (χ3n) is 2.44. The van der Waals surface area contributed by atoms with Crippen LogP contribution in [0.3, 0.4) is 0 Å². The molecule has 3 nitrogen and oxygen atoms in total. The van der Waals surface area contributed by atoms with Gasteiger partial charge in [0.05, 0.1) is 6.04 Å². The van der Waals surface area contributed by atoms with Crippen LogP contribution in [0, 0.1) is 10.5 Å². The van der Waals surface area contributed by atoms with Crippen LogP contribution in [0.15, 0.2) is 29.6 Å². The Kier molecular flexibility index (Phi) is 4.34. The number of aromatic nitrogens is 1. The zero-order valence-electron chi connectivity index (χ0n) is 10.1. The Balaban J connectivity index is 2.08. The molecule has 2 rings (SSSR count). The lowest BCUT2D eigenvalue weighted by Gasteiger charge is -2.11. The second-order valence-electron chi connectivity index (χ2n) is 4.03. The van der Waals surface area contributed by atoms with E-state index in [1.165, 1.54) is 0 Å². The molecule has 0 bridgehead atoms. The first-order valence-corrected chi connectivity index (χ1v) is 7.50. The van der Waals surface area contributed by atoms with Crippen molar-refractivity contribution in [2.75, 3.05) is 0 Å². The van der Waals surface area contributed by atoms with Gasteiger partial charge in [-0.1, -0.05) is 6.07 Å². The molecule has 18 heavy (non-hydrogen) atoms. The molecule has 0 aliphatic carbocycles. The second-order valence-corrected chi connectivity index (χ2v) is 6.17. The average molecular weight is 372 g/mol. The third-order valence-corrected chi connectivity index (χ3v) is 4.26. The van der Waals surface area contributed by atoms with Crippen LogP contribution in [-0.2, 0) is 0 Å². The molecular formula is C13H13IN2OS. The molecule has 0 spiro atoms. The monoisotopic (exact) mass is 372 g/mol. The smallest absolute Gasteiger partial charge is 0.251 e. The maximum Gasteiger partial charge on any atom is 0.251 e. The fourth-order valence-corrected chi connectivity index (χ4v) is 2.89. The summed E-state index contributed by atoms with van der Waals surface area (Å²) in [6, 6.07) is 7.47. The average Bonchev–Trinajstić information content (AvgIpc) is 2.76. The van der Waals surface area contributed by atoms with Crippen molar-refractivity contribution in [2.45, 2.75) is 19.9 Å². The number of amides is 1. The fraction of sp³-hybridized carbons (Fsp3) is 0.231. The lowest BCUT2D eigenvalue weighted by atomic mass is 10.2. The van der Waals surface area contributed by atoms with Crippen LogP contribution in [0.1, 0.15) is 34.0 Å². The van der Waals surface area contributed by atoms with Crippen LogP contribution in [0.2, 0.25) is 0 Å². The lowest BCUT2D eigenvalue weighted by molar-refractivity contribution is 0.0939. The minimum Gasteiger partial charge on any atom is -0.343 e. The first kappa shape index (κ1) is 13.5. The second kappa shape index (κ2) is 5.79. The van der Waals surface area contributed by atoms with E-state index in [0.717, 1.165) is 14.3 Å². The molecule has 0 saturated carbocycles. The number of halogens is 1. The third kappa shape index (κ3) is 3.29. The van der Waals surface area contributed by atoms with Gasteiger partial charge in [-0.05, 0) is 54.6 Å². The molecule has 1 heterocycles. The van der Waals surface area contributed by atoms with Crippen molar-refractivity contribution in [3.05, 3.63) is 49.5 Å². The van der Waals surface area contributed by atoms with E-state index in [1.54, 1.807) is 11.3 Å². The summed E-state index contributed by atoms with van der Waals surface area (Å²) >= 11 is 3.77. The van der Waals surface area contributed by atoms with Gasteiger partial charge >= 0.3 is 0 Å². The Morgan fingerprint density at radius 1 is 1.50 bits per heavy atom. The van der Waals surface area contributed by atoms with Crippen LogP contribution in [0.25, 0.3) is 0 Å². The number of nitrogens with zero attached hydrogens (tertiary/aromatic N) is 1. The largest absolute Gasteiger partial charge is 0.343 e. The summed E-state index contributed by atoms with van der Waals surface area (Å²) < 4.78 is 1.05. The standard InChI is InChI=1S/C13H13IN2OS/c1-8-7-18-13(15-8)9(2)16-12(17)10-4-3-5-11(14)6-10/h3-7,9H,1-2H3,(H,16,17). The van der Waals surface area contributed by atoms with E-state index in [2.05, 4.69) is 32.9 Å². The van der Waals surface area contributed by atoms with Gasteiger partial charge in [-0.15, -0.1) is 11.3 Å². The number of aryl methyl sites for hydroxylation is 1. The molecule has 0 saturated heterocycles. The minimum absolute atomic E-state index is 0.0610. The van der Waals surface area contributed by atoms with E-state index in [9.17, 15) is 4.79 Å². The quantitative estimate of drug-likeness (QED) is 0.838. The number of benzene rings is 1. The summed E-state index contributed by atoms with van der Waals surface area (Å²) in [5.41, 5.74) is 1.67. The van der Waals surface area contributed by atoms with E-state index < -0.39 is 0 Å². The van der Waals surface area contributed by atoms with Crippen molar-refractivity contribution in [3.8, 4) is 0 Å².